The van der Waals surface area contributed by atoms with E-state index in [1.54, 1.807) is 24.0 Å². The standard InChI is InChI=1S/C13H14F3N3/c1-9(17-12-7-8-19(2)18-12)10-3-5-11(6-4-10)13(14,15)16/h3-9H,1-2H3,(H,17,18). The first-order valence-electron chi connectivity index (χ1n) is 5.79. The third-order valence-electron chi connectivity index (χ3n) is 2.82. The van der Waals surface area contributed by atoms with Crippen LogP contribution >= 0.6 is 0 Å². The van der Waals surface area contributed by atoms with E-state index in [4.69, 9.17) is 0 Å². The molecule has 0 aliphatic heterocycles. The summed E-state index contributed by atoms with van der Waals surface area (Å²) in [5, 5.41) is 7.28. The SMILES string of the molecule is CC(Nc1ccn(C)n1)c1ccc(C(F)(F)F)cc1. The number of halogens is 3. The predicted octanol–water partition coefficient (Wildman–Crippen LogP) is 3.61. The predicted molar refractivity (Wildman–Crippen MR) is 66.7 cm³/mol. The summed E-state index contributed by atoms with van der Waals surface area (Å²) in [6, 6.07) is 6.82. The van der Waals surface area contributed by atoms with E-state index in [1.807, 2.05) is 6.92 Å². The van der Waals surface area contributed by atoms with Crippen LogP contribution in [0.5, 0.6) is 0 Å². The molecule has 1 unspecified atom stereocenters. The van der Waals surface area contributed by atoms with E-state index in [9.17, 15) is 13.2 Å². The van der Waals surface area contributed by atoms with Crippen molar-refractivity contribution in [1.82, 2.24) is 9.78 Å². The van der Waals surface area contributed by atoms with Gasteiger partial charge < -0.3 is 5.32 Å². The van der Waals surface area contributed by atoms with Gasteiger partial charge in [-0.15, -0.1) is 0 Å². The van der Waals surface area contributed by atoms with Crippen LogP contribution in [0.4, 0.5) is 19.0 Å². The first-order chi connectivity index (χ1) is 8.86. The van der Waals surface area contributed by atoms with Crippen molar-refractivity contribution >= 4 is 5.82 Å². The minimum absolute atomic E-state index is 0.114. The van der Waals surface area contributed by atoms with E-state index in [-0.39, 0.29) is 6.04 Å². The van der Waals surface area contributed by atoms with Crippen molar-refractivity contribution in [2.24, 2.45) is 7.05 Å². The molecule has 0 bridgehead atoms. The lowest BCUT2D eigenvalue weighted by Gasteiger charge is -2.14. The molecule has 1 atom stereocenters. The Morgan fingerprint density at radius 1 is 1.16 bits per heavy atom. The minimum atomic E-state index is -4.30. The highest BCUT2D eigenvalue weighted by molar-refractivity contribution is 5.37. The Bertz CT molecular complexity index is 543. The number of nitrogens with one attached hydrogen (secondary N) is 1. The summed E-state index contributed by atoms with van der Waals surface area (Å²) < 4.78 is 39.0. The Balaban J connectivity index is 2.09. The number of rotatable bonds is 3. The summed E-state index contributed by atoms with van der Waals surface area (Å²) in [6.07, 6.45) is -2.50. The van der Waals surface area contributed by atoms with E-state index in [0.717, 1.165) is 17.7 Å². The zero-order chi connectivity index (χ0) is 14.0. The van der Waals surface area contributed by atoms with Crippen LogP contribution < -0.4 is 5.32 Å². The number of hydrogen-bond donors (Lipinski definition) is 1. The molecule has 0 spiro atoms. The molecular formula is C13H14F3N3. The molecule has 2 aromatic rings. The Morgan fingerprint density at radius 2 is 1.79 bits per heavy atom. The second kappa shape index (κ2) is 4.95. The lowest BCUT2D eigenvalue weighted by atomic mass is 10.1. The fourth-order valence-electron chi connectivity index (χ4n) is 1.76. The summed E-state index contributed by atoms with van der Waals surface area (Å²) >= 11 is 0. The van der Waals surface area contributed by atoms with Gasteiger partial charge in [-0.05, 0) is 24.6 Å². The number of alkyl halides is 3. The molecule has 1 heterocycles. The van der Waals surface area contributed by atoms with Gasteiger partial charge in [-0.1, -0.05) is 12.1 Å². The molecule has 0 amide bonds. The van der Waals surface area contributed by atoms with Gasteiger partial charge in [0.2, 0.25) is 0 Å². The van der Waals surface area contributed by atoms with Crippen LogP contribution in [0.3, 0.4) is 0 Å². The molecule has 0 radical (unpaired) electrons. The molecule has 0 fully saturated rings. The van der Waals surface area contributed by atoms with Crippen LogP contribution in [0, 0.1) is 0 Å². The number of anilines is 1. The second-order valence-corrected chi connectivity index (χ2v) is 4.36. The Labute approximate surface area is 109 Å². The summed E-state index contributed by atoms with van der Waals surface area (Å²) in [7, 11) is 1.80. The summed E-state index contributed by atoms with van der Waals surface area (Å²) in [6.45, 7) is 1.87. The van der Waals surface area contributed by atoms with Crippen molar-refractivity contribution in [2.75, 3.05) is 5.32 Å². The maximum Gasteiger partial charge on any atom is 0.416 e. The maximum absolute atomic E-state index is 12.4. The summed E-state index contributed by atoms with van der Waals surface area (Å²) in [4.78, 5) is 0. The molecule has 19 heavy (non-hydrogen) atoms. The van der Waals surface area contributed by atoms with E-state index in [2.05, 4.69) is 10.4 Å². The number of aryl methyl sites for hydroxylation is 1. The topological polar surface area (TPSA) is 29.9 Å². The van der Waals surface area contributed by atoms with E-state index in [0.29, 0.717) is 5.82 Å². The highest BCUT2D eigenvalue weighted by Crippen LogP contribution is 2.30. The molecule has 0 saturated carbocycles. The third kappa shape index (κ3) is 3.27. The molecule has 0 saturated heterocycles. The highest BCUT2D eigenvalue weighted by atomic mass is 19.4. The zero-order valence-corrected chi connectivity index (χ0v) is 10.6. The molecule has 6 heteroatoms. The van der Waals surface area contributed by atoms with Gasteiger partial charge in [0, 0.05) is 25.4 Å². The van der Waals surface area contributed by atoms with Gasteiger partial charge in [-0.3, -0.25) is 4.68 Å². The maximum atomic E-state index is 12.4. The molecule has 1 aromatic heterocycles. The van der Waals surface area contributed by atoms with E-state index < -0.39 is 11.7 Å². The number of nitrogens with zero attached hydrogens (tertiary/aromatic N) is 2. The number of aromatic nitrogens is 2. The van der Waals surface area contributed by atoms with Gasteiger partial charge in [0.05, 0.1) is 5.56 Å². The van der Waals surface area contributed by atoms with Gasteiger partial charge in [0.25, 0.3) is 0 Å². The first-order valence-corrected chi connectivity index (χ1v) is 5.79. The number of hydrogen-bond acceptors (Lipinski definition) is 2. The quantitative estimate of drug-likeness (QED) is 0.922. The molecule has 102 valence electrons. The van der Waals surface area contributed by atoms with Crippen LogP contribution in [-0.4, -0.2) is 9.78 Å². The first kappa shape index (κ1) is 13.5. The van der Waals surface area contributed by atoms with Crippen LogP contribution in [0.15, 0.2) is 36.5 Å². The fraction of sp³-hybridized carbons (Fsp3) is 0.308. The molecule has 0 aliphatic carbocycles. The van der Waals surface area contributed by atoms with Gasteiger partial charge >= 0.3 is 6.18 Å². The zero-order valence-electron chi connectivity index (χ0n) is 10.6. The molecular weight excluding hydrogens is 255 g/mol. The van der Waals surface area contributed by atoms with Gasteiger partial charge in [-0.2, -0.15) is 18.3 Å². The molecule has 2 rings (SSSR count). The van der Waals surface area contributed by atoms with Crippen molar-refractivity contribution in [3.63, 3.8) is 0 Å². The van der Waals surface area contributed by atoms with Crippen LogP contribution in [-0.2, 0) is 13.2 Å². The van der Waals surface area contributed by atoms with Crippen molar-refractivity contribution in [3.8, 4) is 0 Å². The largest absolute Gasteiger partial charge is 0.416 e. The second-order valence-electron chi connectivity index (χ2n) is 4.36. The lowest BCUT2D eigenvalue weighted by molar-refractivity contribution is -0.137. The summed E-state index contributed by atoms with van der Waals surface area (Å²) in [5.74, 6) is 0.690. The van der Waals surface area contributed by atoms with Gasteiger partial charge in [0.15, 0.2) is 0 Å². The monoisotopic (exact) mass is 269 g/mol. The third-order valence-corrected chi connectivity index (χ3v) is 2.82. The fourth-order valence-corrected chi connectivity index (χ4v) is 1.76. The molecule has 1 N–H and O–H groups in total. The average molecular weight is 269 g/mol. The van der Waals surface area contributed by atoms with Crippen molar-refractivity contribution in [2.45, 2.75) is 19.1 Å². The van der Waals surface area contributed by atoms with Gasteiger partial charge in [0.1, 0.15) is 5.82 Å². The smallest absolute Gasteiger partial charge is 0.362 e. The summed E-state index contributed by atoms with van der Waals surface area (Å²) in [5.41, 5.74) is 0.139. The molecule has 1 aromatic carbocycles. The Morgan fingerprint density at radius 3 is 2.26 bits per heavy atom. The Kier molecular flexibility index (Phi) is 3.50. The van der Waals surface area contributed by atoms with E-state index >= 15 is 0 Å². The Hall–Kier alpha value is -1.98. The van der Waals surface area contributed by atoms with Crippen LogP contribution in [0.1, 0.15) is 24.1 Å². The number of benzene rings is 1. The van der Waals surface area contributed by atoms with Crippen molar-refractivity contribution in [3.05, 3.63) is 47.7 Å². The minimum Gasteiger partial charge on any atom is -0.362 e. The van der Waals surface area contributed by atoms with Crippen molar-refractivity contribution < 1.29 is 13.2 Å². The van der Waals surface area contributed by atoms with Crippen molar-refractivity contribution in [1.29, 1.82) is 0 Å². The van der Waals surface area contributed by atoms with Crippen LogP contribution in [0.2, 0.25) is 0 Å². The highest BCUT2D eigenvalue weighted by Gasteiger charge is 2.30. The lowest BCUT2D eigenvalue weighted by Crippen LogP contribution is -2.09. The normalized spacial score (nSPS) is 13.3. The molecule has 3 nitrogen and oxygen atoms in total. The molecule has 0 aliphatic rings. The average Bonchev–Trinajstić information content (AvgIpc) is 2.74. The van der Waals surface area contributed by atoms with Crippen LogP contribution in [0.25, 0.3) is 0 Å². The van der Waals surface area contributed by atoms with E-state index in [1.165, 1.54) is 12.1 Å². The van der Waals surface area contributed by atoms with Gasteiger partial charge in [-0.25, -0.2) is 0 Å².